The maximum absolute atomic E-state index is 12.1. The van der Waals surface area contributed by atoms with E-state index in [4.69, 9.17) is 9.47 Å². The van der Waals surface area contributed by atoms with Crippen LogP contribution in [0.5, 0.6) is 0 Å². The van der Waals surface area contributed by atoms with E-state index in [1.807, 2.05) is 11.8 Å². The van der Waals surface area contributed by atoms with Crippen molar-refractivity contribution in [3.8, 4) is 0 Å². The number of hydrogen-bond acceptors (Lipinski definition) is 4. The molecule has 0 radical (unpaired) electrons. The number of nitrogens with one attached hydrogen (secondary N) is 1. The quantitative estimate of drug-likeness (QED) is 0.756. The van der Waals surface area contributed by atoms with Gasteiger partial charge in [-0.3, -0.25) is 9.59 Å². The maximum atomic E-state index is 12.1. The number of carbonyl (C=O) groups is 2. The van der Waals surface area contributed by atoms with Crippen molar-refractivity contribution in [1.82, 2.24) is 10.2 Å². The first-order valence-corrected chi connectivity index (χ1v) is 7.14. The SMILES string of the molecule is CO[C@@H]1C[C@H]1C(=O)NC1(C)CN(C(=O)[C@@H]2C[C@H]2OC)C1. The van der Waals surface area contributed by atoms with Crippen molar-refractivity contribution in [3.05, 3.63) is 0 Å². The Kier molecular flexibility index (Phi) is 3.25. The summed E-state index contributed by atoms with van der Waals surface area (Å²) < 4.78 is 10.3. The number of hydrogen-bond donors (Lipinski definition) is 1. The van der Waals surface area contributed by atoms with E-state index in [-0.39, 0.29) is 41.4 Å². The van der Waals surface area contributed by atoms with Crippen LogP contribution in [-0.4, -0.2) is 61.8 Å². The third kappa shape index (κ3) is 2.42. The summed E-state index contributed by atoms with van der Waals surface area (Å²) in [6.07, 6.45) is 1.80. The highest BCUT2D eigenvalue weighted by Gasteiger charge is 2.52. The molecule has 1 N–H and O–H groups in total. The van der Waals surface area contributed by atoms with E-state index >= 15 is 0 Å². The van der Waals surface area contributed by atoms with Crippen molar-refractivity contribution in [1.29, 1.82) is 0 Å². The Balaban J connectivity index is 1.44. The van der Waals surface area contributed by atoms with E-state index in [0.717, 1.165) is 12.8 Å². The van der Waals surface area contributed by atoms with Gasteiger partial charge >= 0.3 is 0 Å². The van der Waals surface area contributed by atoms with E-state index in [2.05, 4.69) is 5.32 Å². The third-order valence-corrected chi connectivity index (χ3v) is 4.54. The van der Waals surface area contributed by atoms with Crippen molar-refractivity contribution in [2.75, 3.05) is 27.3 Å². The van der Waals surface area contributed by atoms with Crippen molar-refractivity contribution < 1.29 is 19.1 Å². The monoisotopic (exact) mass is 282 g/mol. The Bertz CT molecular complexity index is 433. The maximum Gasteiger partial charge on any atom is 0.228 e. The van der Waals surface area contributed by atoms with Crippen LogP contribution in [0.3, 0.4) is 0 Å². The number of likely N-dealkylation sites (tertiary alicyclic amines) is 1. The van der Waals surface area contributed by atoms with Crippen LogP contribution in [0, 0.1) is 11.8 Å². The molecule has 0 bridgehead atoms. The highest BCUT2D eigenvalue weighted by molar-refractivity contribution is 5.85. The summed E-state index contributed by atoms with van der Waals surface area (Å²) in [6.45, 7) is 3.17. The highest BCUT2D eigenvalue weighted by atomic mass is 16.5. The van der Waals surface area contributed by atoms with Gasteiger partial charge in [-0.2, -0.15) is 0 Å². The van der Waals surface area contributed by atoms with E-state index in [1.54, 1.807) is 14.2 Å². The lowest BCUT2D eigenvalue weighted by molar-refractivity contribution is -0.144. The van der Waals surface area contributed by atoms with Crippen LogP contribution in [0.4, 0.5) is 0 Å². The van der Waals surface area contributed by atoms with Crippen LogP contribution >= 0.6 is 0 Å². The van der Waals surface area contributed by atoms with E-state index in [9.17, 15) is 9.59 Å². The Morgan fingerprint density at radius 3 is 2.15 bits per heavy atom. The lowest BCUT2D eigenvalue weighted by atomic mass is 9.91. The van der Waals surface area contributed by atoms with Crippen molar-refractivity contribution in [3.63, 3.8) is 0 Å². The second kappa shape index (κ2) is 4.70. The fraction of sp³-hybridized carbons (Fsp3) is 0.857. The molecule has 0 aromatic heterocycles. The second-order valence-electron chi connectivity index (χ2n) is 6.48. The van der Waals surface area contributed by atoms with Crippen LogP contribution in [0.15, 0.2) is 0 Å². The van der Waals surface area contributed by atoms with E-state index < -0.39 is 0 Å². The average molecular weight is 282 g/mol. The minimum atomic E-state index is -0.287. The van der Waals surface area contributed by atoms with Crippen LogP contribution in [0.2, 0.25) is 0 Å². The van der Waals surface area contributed by atoms with Gasteiger partial charge in [0.05, 0.1) is 29.6 Å². The molecule has 1 aliphatic heterocycles. The summed E-state index contributed by atoms with van der Waals surface area (Å²) in [4.78, 5) is 25.9. The van der Waals surface area contributed by atoms with Gasteiger partial charge in [0.15, 0.2) is 0 Å². The average Bonchev–Trinajstić information content (AvgIpc) is 3.26. The minimum absolute atomic E-state index is 0.0112. The fourth-order valence-corrected chi connectivity index (χ4v) is 3.06. The largest absolute Gasteiger partial charge is 0.381 e. The molecule has 2 saturated carbocycles. The normalized spacial score (nSPS) is 37.0. The summed E-state index contributed by atoms with van der Waals surface area (Å²) in [5.74, 6) is 0.224. The molecule has 112 valence electrons. The standard InChI is InChI=1S/C14H22N2O4/c1-14(15-12(17)8-4-10(8)19-2)6-16(7-14)13(18)9-5-11(9)20-3/h8-11H,4-7H2,1-3H3,(H,15,17)/t8-,9-,10-,11-/m1/s1. The topological polar surface area (TPSA) is 67.9 Å². The molecule has 3 fully saturated rings. The van der Waals surface area contributed by atoms with Gasteiger partial charge in [0.25, 0.3) is 0 Å². The van der Waals surface area contributed by atoms with Gasteiger partial charge < -0.3 is 19.7 Å². The van der Waals surface area contributed by atoms with Gasteiger partial charge in [0.1, 0.15) is 0 Å². The summed E-state index contributed by atoms with van der Waals surface area (Å²) in [7, 11) is 3.27. The number of nitrogens with zero attached hydrogens (tertiary/aromatic N) is 1. The molecule has 6 heteroatoms. The zero-order valence-electron chi connectivity index (χ0n) is 12.2. The third-order valence-electron chi connectivity index (χ3n) is 4.54. The lowest BCUT2D eigenvalue weighted by Crippen LogP contribution is -2.70. The van der Waals surface area contributed by atoms with Crippen molar-refractivity contribution in [2.24, 2.45) is 11.8 Å². The van der Waals surface area contributed by atoms with Gasteiger partial charge in [0.2, 0.25) is 11.8 Å². The Labute approximate surface area is 118 Å². The zero-order chi connectivity index (χ0) is 14.5. The molecule has 20 heavy (non-hydrogen) atoms. The molecule has 0 unspecified atom stereocenters. The van der Waals surface area contributed by atoms with E-state index in [0.29, 0.717) is 13.1 Å². The first kappa shape index (κ1) is 13.8. The molecule has 3 rings (SSSR count). The smallest absolute Gasteiger partial charge is 0.228 e. The van der Waals surface area contributed by atoms with Crippen molar-refractivity contribution in [2.45, 2.75) is 37.5 Å². The predicted octanol–water partition coefficient (Wildman–Crippen LogP) is -0.227. The number of ether oxygens (including phenoxy) is 2. The van der Waals surface area contributed by atoms with Crippen LogP contribution in [0.1, 0.15) is 19.8 Å². The van der Waals surface area contributed by atoms with Gasteiger partial charge in [-0.05, 0) is 19.8 Å². The van der Waals surface area contributed by atoms with Gasteiger partial charge in [-0.15, -0.1) is 0 Å². The number of rotatable bonds is 5. The molecule has 3 aliphatic rings. The molecule has 4 atom stereocenters. The molecular weight excluding hydrogens is 260 g/mol. The number of amides is 2. The first-order chi connectivity index (χ1) is 9.47. The Hall–Kier alpha value is -1.14. The zero-order valence-corrected chi connectivity index (χ0v) is 12.2. The Morgan fingerprint density at radius 2 is 1.65 bits per heavy atom. The summed E-state index contributed by atoms with van der Waals surface area (Å²) >= 11 is 0. The molecule has 2 aliphatic carbocycles. The molecule has 0 aromatic carbocycles. The first-order valence-electron chi connectivity index (χ1n) is 7.14. The van der Waals surface area contributed by atoms with Crippen LogP contribution in [0.25, 0.3) is 0 Å². The van der Waals surface area contributed by atoms with E-state index in [1.165, 1.54) is 0 Å². The summed E-state index contributed by atoms with van der Waals surface area (Å²) in [6, 6.07) is 0. The molecule has 2 amide bonds. The molecule has 0 aromatic rings. The molecule has 0 spiro atoms. The van der Waals surface area contributed by atoms with Crippen LogP contribution in [-0.2, 0) is 19.1 Å². The molecule has 6 nitrogen and oxygen atoms in total. The Morgan fingerprint density at radius 1 is 1.10 bits per heavy atom. The molecular formula is C14H22N2O4. The van der Waals surface area contributed by atoms with Gasteiger partial charge in [-0.1, -0.05) is 0 Å². The number of methoxy groups -OCH3 is 2. The van der Waals surface area contributed by atoms with Gasteiger partial charge in [0, 0.05) is 27.3 Å². The predicted molar refractivity (Wildman–Crippen MR) is 70.9 cm³/mol. The van der Waals surface area contributed by atoms with Gasteiger partial charge in [-0.25, -0.2) is 0 Å². The fourth-order valence-electron chi connectivity index (χ4n) is 3.06. The van der Waals surface area contributed by atoms with Crippen molar-refractivity contribution >= 4 is 11.8 Å². The lowest BCUT2D eigenvalue weighted by Gasteiger charge is -2.48. The minimum Gasteiger partial charge on any atom is -0.381 e. The second-order valence-corrected chi connectivity index (χ2v) is 6.48. The summed E-state index contributed by atoms with van der Waals surface area (Å²) in [5.41, 5.74) is -0.287. The van der Waals surface area contributed by atoms with Crippen LogP contribution < -0.4 is 5.32 Å². The summed E-state index contributed by atoms with van der Waals surface area (Å²) in [5, 5.41) is 3.04. The number of carbonyl (C=O) groups excluding carboxylic acids is 2. The molecule has 1 saturated heterocycles. The highest BCUT2D eigenvalue weighted by Crippen LogP contribution is 2.38. The molecule has 1 heterocycles.